The number of unbranched alkanes of at least 4 members (excludes halogenated alkanes) is 9. The van der Waals surface area contributed by atoms with E-state index in [1.807, 2.05) is 0 Å². The van der Waals surface area contributed by atoms with E-state index < -0.39 is 18.2 Å². The summed E-state index contributed by atoms with van der Waals surface area (Å²) >= 11 is 0. The summed E-state index contributed by atoms with van der Waals surface area (Å²) in [6.07, 6.45) is 11.7. The first kappa shape index (κ1) is 43.8. The summed E-state index contributed by atoms with van der Waals surface area (Å²) in [5, 5.41) is 0. The maximum Gasteiger partial charge on any atom is 1.00 e. The van der Waals surface area contributed by atoms with Gasteiger partial charge in [0.1, 0.15) is 0 Å². The van der Waals surface area contributed by atoms with E-state index in [-0.39, 0.29) is 125 Å². The standard InChI is InChI=1S/C12H26O4S.4Na.H3O4P/c1-2-3-4-5-6-7-8-9-10-11-12-16-17(13,14)15;;;;;1-5(2,3)4/h2-12H2,1H3,(H,13,14,15);;;;;(H3,1,2,3,4)/q;4*+1;/p-4. The minimum absolute atomic E-state index is 0. The molecule has 136 valence electrons. The maximum atomic E-state index is 10.1. The van der Waals surface area contributed by atoms with Crippen molar-refractivity contribution in [2.45, 2.75) is 71.1 Å². The second-order valence-corrected chi connectivity index (χ2v) is 6.81. The fraction of sp³-hybridized carbons (Fsp3) is 1.00. The molecule has 0 atom stereocenters. The Balaban J connectivity index is -0.0000000984. The van der Waals surface area contributed by atoms with Gasteiger partial charge in [-0.25, -0.2) is 8.42 Å². The number of hydrogen-bond donors (Lipinski definition) is 0. The minimum atomic E-state index is -5.39. The topological polar surface area (TPSA) is 153 Å². The average molecular weight is 452 g/mol. The maximum absolute atomic E-state index is 10.1. The first-order valence-corrected chi connectivity index (χ1v) is 10.2. The molecule has 8 nitrogen and oxygen atoms in total. The zero-order valence-corrected chi connectivity index (χ0v) is 26.6. The Hall–Kier alpha value is 3.98. The predicted molar refractivity (Wildman–Crippen MR) is 75.1 cm³/mol. The fourth-order valence-corrected chi connectivity index (χ4v) is 2.07. The van der Waals surface area contributed by atoms with Crippen LogP contribution in [0.5, 0.6) is 0 Å². The third-order valence-electron chi connectivity index (χ3n) is 2.73. The van der Waals surface area contributed by atoms with E-state index in [1.54, 1.807) is 0 Å². The Bertz CT molecular complexity index is 386. The predicted octanol–water partition coefficient (Wildman–Crippen LogP) is -11.4. The number of hydrogen-bond acceptors (Lipinski definition) is 8. The van der Waals surface area contributed by atoms with Gasteiger partial charge in [0, 0.05) is 0 Å². The number of phosphoric acid groups is 1. The molecule has 0 aliphatic carbocycles. The molecule has 0 spiro atoms. The summed E-state index contributed by atoms with van der Waals surface area (Å²) in [4.78, 5) is 25.6. The van der Waals surface area contributed by atoms with Crippen molar-refractivity contribution in [1.29, 1.82) is 0 Å². The number of rotatable bonds is 12. The smallest absolute Gasteiger partial charge is 0.822 e. The van der Waals surface area contributed by atoms with E-state index >= 15 is 0 Å². The first-order valence-electron chi connectivity index (χ1n) is 7.39. The van der Waals surface area contributed by atoms with Gasteiger partial charge in [-0.3, -0.25) is 4.18 Å². The molecule has 0 aromatic rings. The third-order valence-corrected chi connectivity index (χ3v) is 3.18. The van der Waals surface area contributed by atoms with Crippen LogP contribution in [-0.4, -0.2) is 19.6 Å². The van der Waals surface area contributed by atoms with Gasteiger partial charge in [-0.2, -0.15) is 7.82 Å². The molecule has 0 aliphatic heterocycles. The van der Waals surface area contributed by atoms with Gasteiger partial charge in [-0.15, -0.1) is 0 Å². The molecule has 0 amide bonds. The van der Waals surface area contributed by atoms with Crippen LogP contribution in [-0.2, 0) is 19.1 Å². The normalized spacial score (nSPS) is 10.0. The second-order valence-electron chi connectivity index (χ2n) is 4.86. The van der Waals surface area contributed by atoms with Gasteiger partial charge >= 0.3 is 118 Å². The van der Waals surface area contributed by atoms with Crippen molar-refractivity contribution in [3.05, 3.63) is 0 Å². The van der Waals surface area contributed by atoms with E-state index in [4.69, 9.17) is 19.2 Å². The van der Waals surface area contributed by atoms with Crippen LogP contribution in [0.4, 0.5) is 0 Å². The van der Waals surface area contributed by atoms with Gasteiger partial charge < -0.3 is 23.8 Å². The molecule has 26 heavy (non-hydrogen) atoms. The Morgan fingerprint density at radius 2 is 1.00 bits per heavy atom. The molecule has 0 aliphatic rings. The Morgan fingerprint density at radius 3 is 1.27 bits per heavy atom. The molecule has 0 rings (SSSR count). The molecular weight excluding hydrogens is 427 g/mol. The molecule has 0 N–H and O–H groups in total. The minimum Gasteiger partial charge on any atom is -0.822 e. The molecule has 0 saturated carbocycles. The quantitative estimate of drug-likeness (QED) is 0.0930. The SMILES string of the molecule is CCCCCCCCCCCCOS(=O)(=O)[O-].O=P([O-])([O-])[O-].[Na+].[Na+].[Na+].[Na+]. The molecule has 0 saturated heterocycles. The zero-order chi connectivity index (χ0) is 17.5. The summed E-state index contributed by atoms with van der Waals surface area (Å²) < 4.78 is 43.0. The molecular formula is C12H25Na4O8PS. The molecule has 0 bridgehead atoms. The van der Waals surface area contributed by atoms with E-state index in [2.05, 4.69) is 11.1 Å². The molecule has 14 heteroatoms. The van der Waals surface area contributed by atoms with Crippen LogP contribution < -0.4 is 133 Å². The molecule has 0 aromatic carbocycles. The van der Waals surface area contributed by atoms with Crippen molar-refractivity contribution < 1.29 is 155 Å². The van der Waals surface area contributed by atoms with E-state index in [0.717, 1.165) is 12.8 Å². The summed E-state index contributed by atoms with van der Waals surface area (Å²) in [5.74, 6) is 0. The summed E-state index contributed by atoms with van der Waals surface area (Å²) in [7, 11) is -9.87. The van der Waals surface area contributed by atoms with E-state index in [9.17, 15) is 13.0 Å². The Kier molecular flexibility index (Phi) is 48.8. The average Bonchev–Trinajstić information content (AvgIpc) is 2.32. The molecule has 0 radical (unpaired) electrons. The monoisotopic (exact) mass is 452 g/mol. The molecule has 0 unspecified atom stereocenters. The Morgan fingerprint density at radius 1 is 0.731 bits per heavy atom. The van der Waals surface area contributed by atoms with Crippen LogP contribution in [0.3, 0.4) is 0 Å². The van der Waals surface area contributed by atoms with Crippen LogP contribution in [0.25, 0.3) is 0 Å². The first-order chi connectivity index (χ1) is 10.1. The van der Waals surface area contributed by atoms with Gasteiger partial charge in [0.15, 0.2) is 0 Å². The summed E-state index contributed by atoms with van der Waals surface area (Å²) in [5.41, 5.74) is 0. The van der Waals surface area contributed by atoms with Crippen molar-refractivity contribution in [3.8, 4) is 0 Å². The van der Waals surface area contributed by atoms with Crippen molar-refractivity contribution in [1.82, 2.24) is 0 Å². The fourth-order valence-electron chi connectivity index (χ4n) is 1.75. The summed E-state index contributed by atoms with van der Waals surface area (Å²) in [6.45, 7) is 2.24. The van der Waals surface area contributed by atoms with Crippen LogP contribution in [0.15, 0.2) is 0 Å². The largest absolute Gasteiger partial charge is 1.00 e. The Labute approximate surface area is 246 Å². The van der Waals surface area contributed by atoms with E-state index in [1.165, 1.54) is 44.9 Å². The van der Waals surface area contributed by atoms with Crippen LogP contribution in [0, 0.1) is 0 Å². The summed E-state index contributed by atoms with van der Waals surface area (Å²) in [6, 6.07) is 0. The zero-order valence-electron chi connectivity index (χ0n) is 16.9. The van der Waals surface area contributed by atoms with E-state index in [0.29, 0.717) is 6.42 Å². The van der Waals surface area contributed by atoms with Crippen LogP contribution in [0.1, 0.15) is 71.1 Å². The van der Waals surface area contributed by atoms with Crippen LogP contribution in [0.2, 0.25) is 0 Å². The molecule has 0 aromatic heterocycles. The van der Waals surface area contributed by atoms with Crippen molar-refractivity contribution in [2.24, 2.45) is 0 Å². The van der Waals surface area contributed by atoms with Crippen molar-refractivity contribution in [2.75, 3.05) is 6.61 Å². The molecule has 0 heterocycles. The second kappa shape index (κ2) is 29.0. The molecule has 0 fully saturated rings. The van der Waals surface area contributed by atoms with Gasteiger partial charge in [0.05, 0.1) is 6.61 Å². The third kappa shape index (κ3) is 63.0. The van der Waals surface area contributed by atoms with Crippen molar-refractivity contribution in [3.63, 3.8) is 0 Å². The van der Waals surface area contributed by atoms with Crippen LogP contribution >= 0.6 is 7.82 Å². The van der Waals surface area contributed by atoms with Crippen molar-refractivity contribution >= 4 is 18.2 Å². The van der Waals surface area contributed by atoms with Gasteiger partial charge in [0.25, 0.3) is 0 Å². The van der Waals surface area contributed by atoms with Gasteiger partial charge in [-0.1, -0.05) is 64.7 Å². The van der Waals surface area contributed by atoms with Gasteiger partial charge in [0.2, 0.25) is 10.4 Å². The van der Waals surface area contributed by atoms with Gasteiger partial charge in [-0.05, 0) is 6.42 Å².